The highest BCUT2D eigenvalue weighted by Gasteiger charge is 2.38. The number of aryl methyl sites for hydroxylation is 1. The molecule has 3 aromatic rings. The molecular weight excluding hydrogens is 449 g/mol. The molecule has 10 nitrogen and oxygen atoms in total. The molecule has 1 atom stereocenters. The molecule has 2 N–H and O–H groups in total. The van der Waals surface area contributed by atoms with Crippen molar-refractivity contribution in [3.63, 3.8) is 0 Å². The summed E-state index contributed by atoms with van der Waals surface area (Å²) < 4.78 is 44.1. The lowest BCUT2D eigenvalue weighted by Gasteiger charge is -2.23. The predicted octanol–water partition coefficient (Wildman–Crippen LogP) is 2.76. The Kier molecular flexibility index (Phi) is 6.79. The Balaban J connectivity index is 0.000000383. The van der Waals surface area contributed by atoms with E-state index in [1.807, 2.05) is 22.7 Å². The van der Waals surface area contributed by atoms with E-state index < -0.39 is 18.1 Å². The van der Waals surface area contributed by atoms with Gasteiger partial charge in [-0.15, -0.1) is 0 Å². The van der Waals surface area contributed by atoms with E-state index >= 15 is 0 Å². The zero-order chi connectivity index (χ0) is 24.3. The van der Waals surface area contributed by atoms with Gasteiger partial charge in [-0.05, 0) is 12.8 Å². The number of hydrogen-bond donors (Lipinski definition) is 2. The number of furan rings is 1. The van der Waals surface area contributed by atoms with Crippen molar-refractivity contribution in [3.05, 3.63) is 41.8 Å². The Hall–Kier alpha value is -3.77. The number of H-pyrrole nitrogens is 1. The highest BCUT2D eigenvalue weighted by molar-refractivity contribution is 5.98. The van der Waals surface area contributed by atoms with E-state index in [4.69, 9.17) is 14.3 Å². The van der Waals surface area contributed by atoms with Crippen LogP contribution < -0.4 is 0 Å². The first-order valence-electron chi connectivity index (χ1n) is 9.79. The number of nitrogens with zero attached hydrogens (tertiary/aromatic N) is 3. The monoisotopic (exact) mass is 470 g/mol. The number of aromatic amines is 1. The fourth-order valence-corrected chi connectivity index (χ4v) is 3.51. The molecule has 33 heavy (non-hydrogen) atoms. The summed E-state index contributed by atoms with van der Waals surface area (Å²) in [4.78, 5) is 42.5. The predicted molar refractivity (Wildman–Crippen MR) is 107 cm³/mol. The van der Waals surface area contributed by atoms with Crippen LogP contribution in [0, 0.1) is 0 Å². The van der Waals surface area contributed by atoms with Crippen LogP contribution in [0.4, 0.5) is 13.2 Å². The van der Waals surface area contributed by atoms with Crippen LogP contribution in [0.3, 0.4) is 0 Å². The number of fused-ring (bicyclic) bond motifs is 1. The molecule has 0 aromatic carbocycles. The van der Waals surface area contributed by atoms with Gasteiger partial charge in [-0.2, -0.15) is 13.2 Å². The zero-order valence-corrected chi connectivity index (χ0v) is 17.7. The van der Waals surface area contributed by atoms with Gasteiger partial charge in [0.15, 0.2) is 11.3 Å². The van der Waals surface area contributed by atoms with Crippen LogP contribution in [0.1, 0.15) is 39.7 Å². The number of carboxylic acids is 1. The van der Waals surface area contributed by atoms with Crippen molar-refractivity contribution >= 4 is 28.9 Å². The van der Waals surface area contributed by atoms with E-state index in [-0.39, 0.29) is 17.7 Å². The lowest BCUT2D eigenvalue weighted by atomic mass is 10.1. The number of carbonyl (C=O) groups is 3. The average molecular weight is 470 g/mol. The maximum atomic E-state index is 12.9. The van der Waals surface area contributed by atoms with Crippen LogP contribution in [-0.2, 0) is 23.0 Å². The number of likely N-dealkylation sites (tertiary alicyclic amines) is 1. The molecule has 4 heterocycles. The third kappa shape index (κ3) is 5.35. The maximum Gasteiger partial charge on any atom is 0.490 e. The second kappa shape index (κ2) is 9.38. The van der Waals surface area contributed by atoms with Gasteiger partial charge in [0.2, 0.25) is 0 Å². The number of rotatable bonds is 4. The van der Waals surface area contributed by atoms with Gasteiger partial charge in [0.1, 0.15) is 11.5 Å². The lowest BCUT2D eigenvalue weighted by Crippen LogP contribution is -2.37. The molecule has 4 rings (SSSR count). The van der Waals surface area contributed by atoms with Crippen molar-refractivity contribution < 1.29 is 41.8 Å². The molecule has 0 aliphatic carbocycles. The summed E-state index contributed by atoms with van der Waals surface area (Å²) in [5, 5.41) is 7.12. The first kappa shape index (κ1) is 23.9. The van der Waals surface area contributed by atoms with Crippen molar-refractivity contribution in [2.75, 3.05) is 13.7 Å². The zero-order valence-electron chi connectivity index (χ0n) is 17.7. The number of methoxy groups -OCH3 is 1. The molecule has 1 saturated heterocycles. The van der Waals surface area contributed by atoms with E-state index in [0.717, 1.165) is 25.1 Å². The molecule has 3 aromatic heterocycles. The number of halogens is 3. The minimum Gasteiger partial charge on any atom is -0.475 e. The standard InChI is InChI=1S/C18H20N4O4.C2HF3O2/c1-21-7-5-19-16(21)8-11-4-3-6-22(11)17(23)15-9-12-14(26-15)10-13(20-12)18(24)25-2;3-2(4,5)1(6)7/h5,7,9-11,20H,3-4,6,8H2,1-2H3;(H,6,7)/t11-;/m0./s1. The Labute approximate surface area is 184 Å². The molecule has 1 fully saturated rings. The van der Waals surface area contributed by atoms with Gasteiger partial charge in [-0.25, -0.2) is 14.6 Å². The molecule has 0 spiro atoms. The highest BCUT2D eigenvalue weighted by Crippen LogP contribution is 2.26. The first-order valence-corrected chi connectivity index (χ1v) is 9.79. The fraction of sp³-hybridized carbons (Fsp3) is 0.400. The third-order valence-corrected chi connectivity index (χ3v) is 5.14. The molecular formula is C20H21F3N4O6. The number of carbonyl (C=O) groups excluding carboxylic acids is 2. The number of esters is 1. The van der Waals surface area contributed by atoms with Crippen LogP contribution in [0.25, 0.3) is 11.1 Å². The Morgan fingerprint density at radius 1 is 1.33 bits per heavy atom. The molecule has 0 saturated carbocycles. The van der Waals surface area contributed by atoms with Gasteiger partial charge in [-0.3, -0.25) is 4.79 Å². The molecule has 1 aliphatic rings. The Morgan fingerprint density at radius 3 is 2.58 bits per heavy atom. The number of aromatic nitrogens is 3. The van der Waals surface area contributed by atoms with Crippen LogP contribution >= 0.6 is 0 Å². The summed E-state index contributed by atoms with van der Waals surface area (Å²) >= 11 is 0. The Morgan fingerprint density at radius 2 is 2.03 bits per heavy atom. The summed E-state index contributed by atoms with van der Waals surface area (Å²) in [5.74, 6) is -2.13. The lowest BCUT2D eigenvalue weighted by molar-refractivity contribution is -0.192. The van der Waals surface area contributed by atoms with Gasteiger partial charge >= 0.3 is 18.1 Å². The van der Waals surface area contributed by atoms with Crippen LogP contribution in [0.5, 0.6) is 0 Å². The first-order chi connectivity index (χ1) is 15.5. The normalized spacial score (nSPS) is 15.9. The molecule has 0 unspecified atom stereocenters. The van der Waals surface area contributed by atoms with Crippen molar-refractivity contribution in [2.24, 2.45) is 7.05 Å². The van der Waals surface area contributed by atoms with Crippen molar-refractivity contribution in [1.82, 2.24) is 19.4 Å². The Bertz CT molecular complexity index is 1130. The maximum absolute atomic E-state index is 12.9. The largest absolute Gasteiger partial charge is 0.490 e. The van der Waals surface area contributed by atoms with Gasteiger partial charge in [-0.1, -0.05) is 0 Å². The topological polar surface area (TPSA) is 131 Å². The minimum absolute atomic E-state index is 0.109. The summed E-state index contributed by atoms with van der Waals surface area (Å²) in [7, 11) is 3.27. The van der Waals surface area contributed by atoms with Crippen molar-refractivity contribution in [1.29, 1.82) is 0 Å². The van der Waals surface area contributed by atoms with Crippen molar-refractivity contribution in [3.8, 4) is 0 Å². The van der Waals surface area contributed by atoms with E-state index in [1.165, 1.54) is 7.11 Å². The van der Waals surface area contributed by atoms with E-state index in [9.17, 15) is 22.8 Å². The average Bonchev–Trinajstić information content (AvgIpc) is 3.51. The SMILES string of the molecule is COC(=O)c1cc2oc(C(=O)N3CCC[C@H]3Cc3nccn3C)cc2[nH]1.O=C(O)C(F)(F)F. The molecule has 13 heteroatoms. The quantitative estimate of drug-likeness (QED) is 0.561. The summed E-state index contributed by atoms with van der Waals surface area (Å²) in [5.41, 5.74) is 1.37. The van der Waals surface area contributed by atoms with Gasteiger partial charge in [0.05, 0.1) is 12.6 Å². The van der Waals surface area contributed by atoms with E-state index in [0.29, 0.717) is 23.3 Å². The number of amides is 1. The number of carboxylic acid groups (broad SMARTS) is 1. The minimum atomic E-state index is -5.08. The number of imidazole rings is 1. The van der Waals surface area contributed by atoms with Crippen LogP contribution in [0.15, 0.2) is 28.9 Å². The van der Waals surface area contributed by atoms with Crippen LogP contribution in [0.2, 0.25) is 0 Å². The summed E-state index contributed by atoms with van der Waals surface area (Å²) in [6.07, 6.45) is 1.23. The molecule has 0 radical (unpaired) electrons. The van der Waals surface area contributed by atoms with Crippen molar-refractivity contribution in [2.45, 2.75) is 31.5 Å². The molecule has 1 amide bonds. The van der Waals surface area contributed by atoms with Gasteiger partial charge in [0.25, 0.3) is 5.91 Å². The number of alkyl halides is 3. The number of ether oxygens (including phenoxy) is 1. The van der Waals surface area contributed by atoms with E-state index in [1.54, 1.807) is 18.3 Å². The van der Waals surface area contributed by atoms with Gasteiger partial charge in [0, 0.05) is 50.6 Å². The number of aliphatic carboxylic acids is 1. The second-order valence-electron chi connectivity index (χ2n) is 7.32. The van der Waals surface area contributed by atoms with Gasteiger partial charge < -0.3 is 28.7 Å². The molecule has 1 aliphatic heterocycles. The summed E-state index contributed by atoms with van der Waals surface area (Å²) in [6.45, 7) is 0.704. The number of nitrogens with one attached hydrogen (secondary N) is 1. The summed E-state index contributed by atoms with van der Waals surface area (Å²) in [6, 6.07) is 3.30. The third-order valence-electron chi connectivity index (χ3n) is 5.14. The van der Waals surface area contributed by atoms with E-state index in [2.05, 4.69) is 14.7 Å². The fourth-order valence-electron chi connectivity index (χ4n) is 3.51. The second-order valence-corrected chi connectivity index (χ2v) is 7.32. The number of hydrogen-bond acceptors (Lipinski definition) is 6. The van der Waals surface area contributed by atoms with Crippen LogP contribution in [-0.4, -0.2) is 68.3 Å². The molecule has 0 bridgehead atoms. The molecule has 178 valence electrons. The highest BCUT2D eigenvalue weighted by atomic mass is 19.4. The smallest absolute Gasteiger partial charge is 0.475 e.